The van der Waals surface area contributed by atoms with Gasteiger partial charge in [-0.15, -0.1) is 0 Å². The topological polar surface area (TPSA) is 35.6 Å². The highest BCUT2D eigenvalue weighted by Crippen LogP contribution is 2.36. The number of carbonyl (C=O) groups excluding carboxylic acids is 1. The van der Waals surface area contributed by atoms with Gasteiger partial charge in [0.2, 0.25) is 0 Å². The molecule has 3 rings (SSSR count). The monoisotopic (exact) mass is 397 g/mol. The molecule has 0 radical (unpaired) electrons. The van der Waals surface area contributed by atoms with Crippen molar-refractivity contribution in [1.29, 1.82) is 0 Å². The van der Waals surface area contributed by atoms with Crippen molar-refractivity contribution in [2.24, 2.45) is 0 Å². The van der Waals surface area contributed by atoms with Crippen LogP contribution in [0.1, 0.15) is 11.1 Å². The van der Waals surface area contributed by atoms with Crippen molar-refractivity contribution in [2.45, 2.75) is 13.1 Å². The second-order valence-corrected chi connectivity index (χ2v) is 6.87. The number of halogens is 4. The molecule has 0 aliphatic carbocycles. The molecule has 8 heteroatoms. The van der Waals surface area contributed by atoms with Crippen LogP contribution in [-0.4, -0.2) is 37.1 Å². The minimum absolute atomic E-state index is 0.0351. The molecular formula is C19H19ClF3N3O. The summed E-state index contributed by atoms with van der Waals surface area (Å²) in [6.45, 7) is 4.09. The lowest BCUT2D eigenvalue weighted by molar-refractivity contribution is -0.136. The van der Waals surface area contributed by atoms with Gasteiger partial charge in [0.25, 0.3) is 0 Å². The summed E-state index contributed by atoms with van der Waals surface area (Å²) in [5, 5.41) is 2.33. The molecule has 0 saturated carbocycles. The van der Waals surface area contributed by atoms with Crippen LogP contribution in [0.4, 0.5) is 29.3 Å². The number of hydrogen-bond donors (Lipinski definition) is 1. The molecule has 1 saturated heterocycles. The quantitative estimate of drug-likeness (QED) is 0.772. The lowest BCUT2D eigenvalue weighted by Crippen LogP contribution is -2.50. The van der Waals surface area contributed by atoms with Crippen LogP contribution in [0.25, 0.3) is 0 Å². The summed E-state index contributed by atoms with van der Waals surface area (Å²) < 4.78 is 39.5. The summed E-state index contributed by atoms with van der Waals surface area (Å²) in [7, 11) is 0. The van der Waals surface area contributed by atoms with Crippen molar-refractivity contribution >= 4 is 29.0 Å². The second kappa shape index (κ2) is 7.68. The lowest BCUT2D eigenvalue weighted by Gasteiger charge is -2.36. The predicted octanol–water partition coefficient (Wildman–Crippen LogP) is 5.02. The average Bonchev–Trinajstić information content (AvgIpc) is 2.62. The third-order valence-electron chi connectivity index (χ3n) is 4.46. The van der Waals surface area contributed by atoms with E-state index < -0.39 is 17.8 Å². The van der Waals surface area contributed by atoms with Crippen molar-refractivity contribution in [3.63, 3.8) is 0 Å². The highest BCUT2D eigenvalue weighted by Gasteiger charge is 2.34. The summed E-state index contributed by atoms with van der Waals surface area (Å²) in [6.07, 6.45) is -4.60. The number of amides is 2. The van der Waals surface area contributed by atoms with Crippen LogP contribution in [0.3, 0.4) is 0 Å². The summed E-state index contributed by atoms with van der Waals surface area (Å²) in [4.78, 5) is 16.1. The summed E-state index contributed by atoms with van der Waals surface area (Å²) >= 11 is 5.66. The molecule has 1 heterocycles. The first-order chi connectivity index (χ1) is 12.7. The first kappa shape index (κ1) is 19.4. The molecule has 0 atom stereocenters. The molecule has 0 bridgehead atoms. The van der Waals surface area contributed by atoms with Crippen molar-refractivity contribution in [2.75, 3.05) is 36.4 Å². The largest absolute Gasteiger partial charge is 0.418 e. The van der Waals surface area contributed by atoms with Crippen molar-refractivity contribution in [3.05, 3.63) is 58.6 Å². The fraction of sp³-hybridized carbons (Fsp3) is 0.316. The first-order valence-electron chi connectivity index (χ1n) is 8.48. The maximum atomic E-state index is 13.2. The third-order valence-corrected chi connectivity index (χ3v) is 4.70. The van der Waals surface area contributed by atoms with E-state index >= 15 is 0 Å². The summed E-state index contributed by atoms with van der Waals surface area (Å²) in [6, 6.07) is 10.8. The number of nitrogens with zero attached hydrogens (tertiary/aromatic N) is 2. The molecule has 0 unspecified atom stereocenters. The Kier molecular flexibility index (Phi) is 5.51. The number of urea groups is 1. The molecule has 0 aromatic heterocycles. The molecule has 0 spiro atoms. The molecule has 2 aromatic rings. The van der Waals surface area contributed by atoms with E-state index in [2.05, 4.69) is 16.3 Å². The standard InChI is InChI=1S/C19H19ClF3N3O/c1-13-3-2-4-15(11-13)25-7-9-26(10-8-25)18(27)24-17-6-5-14(20)12-16(17)19(21,22)23/h2-6,11-12H,7-10H2,1H3,(H,24,27). The van der Waals surface area contributed by atoms with E-state index in [1.807, 2.05) is 25.1 Å². The Morgan fingerprint density at radius 2 is 1.78 bits per heavy atom. The van der Waals surface area contributed by atoms with E-state index in [9.17, 15) is 18.0 Å². The van der Waals surface area contributed by atoms with Crippen LogP contribution in [0, 0.1) is 6.92 Å². The Bertz CT molecular complexity index is 833. The third kappa shape index (κ3) is 4.66. The Morgan fingerprint density at radius 1 is 1.07 bits per heavy atom. The van der Waals surface area contributed by atoms with E-state index in [0.29, 0.717) is 26.2 Å². The Labute approximate surface area is 160 Å². The number of carbonyl (C=O) groups is 1. The minimum Gasteiger partial charge on any atom is -0.368 e. The van der Waals surface area contributed by atoms with Gasteiger partial charge in [-0.05, 0) is 42.8 Å². The molecule has 2 aromatic carbocycles. The predicted molar refractivity (Wildman–Crippen MR) is 100 cm³/mol. The van der Waals surface area contributed by atoms with Crippen LogP contribution in [0.2, 0.25) is 5.02 Å². The average molecular weight is 398 g/mol. The van der Waals surface area contributed by atoms with Crippen LogP contribution in [0.5, 0.6) is 0 Å². The van der Waals surface area contributed by atoms with Crippen LogP contribution in [0.15, 0.2) is 42.5 Å². The van der Waals surface area contributed by atoms with Crippen molar-refractivity contribution in [1.82, 2.24) is 4.90 Å². The number of alkyl halides is 3. The highest BCUT2D eigenvalue weighted by atomic mass is 35.5. The number of anilines is 2. The minimum atomic E-state index is -4.60. The van der Waals surface area contributed by atoms with Gasteiger partial charge in [0.15, 0.2) is 0 Å². The zero-order valence-corrected chi connectivity index (χ0v) is 15.4. The number of rotatable bonds is 2. The summed E-state index contributed by atoms with van der Waals surface area (Å²) in [5.41, 5.74) is 0.974. The van der Waals surface area contributed by atoms with Gasteiger partial charge in [0, 0.05) is 36.9 Å². The van der Waals surface area contributed by atoms with Crippen LogP contribution < -0.4 is 10.2 Å². The smallest absolute Gasteiger partial charge is 0.368 e. The SMILES string of the molecule is Cc1cccc(N2CCN(C(=O)Nc3ccc(Cl)cc3C(F)(F)F)CC2)c1. The van der Waals surface area contributed by atoms with Gasteiger partial charge in [-0.25, -0.2) is 4.79 Å². The summed E-state index contributed by atoms with van der Waals surface area (Å²) in [5.74, 6) is 0. The number of aryl methyl sites for hydroxylation is 1. The Morgan fingerprint density at radius 3 is 2.41 bits per heavy atom. The molecule has 1 fully saturated rings. The van der Waals surface area contributed by atoms with Gasteiger partial charge in [-0.2, -0.15) is 13.2 Å². The molecule has 27 heavy (non-hydrogen) atoms. The van der Waals surface area contributed by atoms with E-state index in [4.69, 9.17) is 11.6 Å². The van der Waals surface area contributed by atoms with E-state index in [0.717, 1.165) is 17.3 Å². The van der Waals surface area contributed by atoms with Gasteiger partial charge in [-0.1, -0.05) is 23.7 Å². The number of piperazine rings is 1. The van der Waals surface area contributed by atoms with Crippen LogP contribution >= 0.6 is 11.6 Å². The molecule has 2 amide bonds. The highest BCUT2D eigenvalue weighted by molar-refractivity contribution is 6.30. The molecule has 144 valence electrons. The lowest BCUT2D eigenvalue weighted by atomic mass is 10.1. The molecule has 1 aliphatic rings. The molecule has 4 nitrogen and oxygen atoms in total. The molecular weight excluding hydrogens is 379 g/mol. The second-order valence-electron chi connectivity index (χ2n) is 6.43. The fourth-order valence-corrected chi connectivity index (χ4v) is 3.22. The maximum absolute atomic E-state index is 13.2. The van der Waals surface area contributed by atoms with E-state index in [1.54, 1.807) is 0 Å². The molecule has 1 aliphatic heterocycles. The first-order valence-corrected chi connectivity index (χ1v) is 8.86. The van der Waals surface area contributed by atoms with E-state index in [-0.39, 0.29) is 10.7 Å². The van der Waals surface area contributed by atoms with Gasteiger partial charge in [0.05, 0.1) is 11.3 Å². The Hall–Kier alpha value is -2.41. The fourth-order valence-electron chi connectivity index (χ4n) is 3.05. The van der Waals surface area contributed by atoms with Gasteiger partial charge in [0.1, 0.15) is 0 Å². The number of nitrogens with one attached hydrogen (secondary N) is 1. The zero-order valence-electron chi connectivity index (χ0n) is 14.7. The van der Waals surface area contributed by atoms with Gasteiger partial charge >= 0.3 is 12.2 Å². The Balaban J connectivity index is 1.65. The molecule has 1 N–H and O–H groups in total. The van der Waals surface area contributed by atoms with Crippen molar-refractivity contribution < 1.29 is 18.0 Å². The maximum Gasteiger partial charge on any atom is 0.418 e. The van der Waals surface area contributed by atoms with E-state index in [1.165, 1.54) is 17.0 Å². The number of benzene rings is 2. The zero-order chi connectivity index (χ0) is 19.6. The van der Waals surface area contributed by atoms with Crippen molar-refractivity contribution in [3.8, 4) is 0 Å². The van der Waals surface area contributed by atoms with Gasteiger partial charge < -0.3 is 15.1 Å². The van der Waals surface area contributed by atoms with Gasteiger partial charge in [-0.3, -0.25) is 0 Å². The normalized spacial score (nSPS) is 15.0. The van der Waals surface area contributed by atoms with Crippen LogP contribution in [-0.2, 0) is 6.18 Å². The number of hydrogen-bond acceptors (Lipinski definition) is 2.